The van der Waals surface area contributed by atoms with Gasteiger partial charge in [0.1, 0.15) is 4.90 Å². The van der Waals surface area contributed by atoms with Gasteiger partial charge in [-0.15, -0.1) is 0 Å². The van der Waals surface area contributed by atoms with Crippen LogP contribution < -0.4 is 0 Å². The summed E-state index contributed by atoms with van der Waals surface area (Å²) in [6, 6.07) is 8.48. The maximum Gasteiger partial charge on any atom is 0.377 e. The van der Waals surface area contributed by atoms with Crippen LogP contribution in [0.25, 0.3) is 0 Å². The molecule has 0 amide bonds. The van der Waals surface area contributed by atoms with Crippen LogP contribution in [0, 0.1) is 0 Å². The molecule has 0 aliphatic heterocycles. The molecule has 0 spiro atoms. The van der Waals surface area contributed by atoms with E-state index in [1.54, 1.807) is 0 Å². The Hall–Kier alpha value is -1.17. The van der Waals surface area contributed by atoms with Crippen LogP contribution in [0.1, 0.15) is 0 Å². The van der Waals surface area contributed by atoms with Gasteiger partial charge in [-0.1, -0.05) is 41.4 Å². The molecular formula is C12H8Cl2O7S3. The molecule has 0 bridgehead atoms. The monoisotopic (exact) mass is 430 g/mol. The molecule has 0 unspecified atom stereocenters. The summed E-state index contributed by atoms with van der Waals surface area (Å²) in [6.07, 6.45) is 0. The van der Waals surface area contributed by atoms with Crippen LogP contribution in [0.5, 0.6) is 0 Å². The van der Waals surface area contributed by atoms with Gasteiger partial charge in [-0.25, -0.2) is 16.8 Å². The van der Waals surface area contributed by atoms with E-state index in [2.05, 4.69) is 0 Å². The SMILES string of the molecule is O=S(=O)(c1ccccc1)c1ccc(Cl)c(Cl)c1S(=O)(=O)S(=O)(=O)O. The largest absolute Gasteiger partial charge is 0.377 e. The van der Waals surface area contributed by atoms with Gasteiger partial charge in [0.2, 0.25) is 9.84 Å². The zero-order chi connectivity index (χ0) is 18.3. The molecule has 0 aromatic heterocycles. The van der Waals surface area contributed by atoms with Crippen molar-refractivity contribution in [2.24, 2.45) is 0 Å². The van der Waals surface area contributed by atoms with Crippen molar-refractivity contribution in [1.29, 1.82) is 0 Å². The summed E-state index contributed by atoms with van der Waals surface area (Å²) < 4.78 is 80.8. The normalized spacial score (nSPS) is 13.0. The maximum atomic E-state index is 12.6. The fourth-order valence-electron chi connectivity index (χ4n) is 1.79. The van der Waals surface area contributed by atoms with Crippen molar-refractivity contribution in [3.05, 3.63) is 52.5 Å². The second kappa shape index (κ2) is 6.28. The van der Waals surface area contributed by atoms with E-state index in [4.69, 9.17) is 27.8 Å². The molecule has 0 radical (unpaired) electrons. The van der Waals surface area contributed by atoms with Crippen LogP contribution in [0.15, 0.2) is 57.2 Å². The topological polar surface area (TPSA) is 123 Å². The predicted octanol–water partition coefficient (Wildman–Crippen LogP) is 2.40. The Kier molecular flexibility index (Phi) is 5.01. The number of hydrogen-bond donors (Lipinski definition) is 1. The van der Waals surface area contributed by atoms with Crippen molar-refractivity contribution in [1.82, 2.24) is 0 Å². The van der Waals surface area contributed by atoms with Gasteiger partial charge in [0, 0.05) is 0 Å². The molecule has 2 aromatic carbocycles. The molecule has 12 heteroatoms. The Labute approximate surface area is 147 Å². The second-order valence-electron chi connectivity index (χ2n) is 4.39. The molecule has 0 atom stereocenters. The summed E-state index contributed by atoms with van der Waals surface area (Å²) in [5.74, 6) is 0. The molecule has 0 fully saturated rings. The summed E-state index contributed by atoms with van der Waals surface area (Å²) in [4.78, 5) is -2.51. The Morgan fingerprint density at radius 1 is 0.792 bits per heavy atom. The van der Waals surface area contributed by atoms with Crippen molar-refractivity contribution in [2.75, 3.05) is 0 Å². The third kappa shape index (κ3) is 3.17. The zero-order valence-electron chi connectivity index (χ0n) is 11.4. The zero-order valence-corrected chi connectivity index (χ0v) is 15.4. The first-order valence-electron chi connectivity index (χ1n) is 5.91. The molecule has 0 heterocycles. The van der Waals surface area contributed by atoms with Gasteiger partial charge in [0.25, 0.3) is 0 Å². The van der Waals surface area contributed by atoms with E-state index in [9.17, 15) is 25.3 Å². The van der Waals surface area contributed by atoms with E-state index < -0.39 is 47.7 Å². The van der Waals surface area contributed by atoms with Crippen molar-refractivity contribution >= 4 is 51.1 Å². The van der Waals surface area contributed by atoms with Gasteiger partial charge in [-0.05, 0) is 24.3 Å². The van der Waals surface area contributed by atoms with E-state index in [1.807, 2.05) is 0 Å². The summed E-state index contributed by atoms with van der Waals surface area (Å²) >= 11 is 11.4. The minimum atomic E-state index is -5.69. The van der Waals surface area contributed by atoms with Crippen LogP contribution in [0.3, 0.4) is 0 Å². The molecule has 2 rings (SSSR count). The standard InChI is InChI=1S/C12H8Cl2O7S3/c13-9-6-7-10(22(15,16)8-4-2-1-3-5-8)12(11(9)14)23(17,18)24(19,20)21/h1-7H,(H,19,20,21). The average Bonchev–Trinajstić information content (AvgIpc) is 2.49. The fraction of sp³-hybridized carbons (Fsp3) is 0. The number of halogens is 2. The molecule has 24 heavy (non-hydrogen) atoms. The highest BCUT2D eigenvalue weighted by molar-refractivity contribution is 8.65. The second-order valence-corrected chi connectivity index (χ2v) is 11.8. The molecule has 0 aliphatic rings. The van der Waals surface area contributed by atoms with E-state index in [1.165, 1.54) is 30.3 Å². The van der Waals surface area contributed by atoms with Crippen molar-refractivity contribution in [2.45, 2.75) is 14.7 Å². The van der Waals surface area contributed by atoms with Crippen molar-refractivity contribution in [3.8, 4) is 0 Å². The van der Waals surface area contributed by atoms with E-state index in [0.29, 0.717) is 0 Å². The van der Waals surface area contributed by atoms with E-state index in [-0.39, 0.29) is 4.90 Å². The smallest absolute Gasteiger partial charge is 0.273 e. The fourth-order valence-corrected chi connectivity index (χ4v) is 6.85. The van der Waals surface area contributed by atoms with Gasteiger partial charge >= 0.3 is 18.0 Å². The lowest BCUT2D eigenvalue weighted by molar-refractivity contribution is 0.492. The lowest BCUT2D eigenvalue weighted by Crippen LogP contribution is -2.18. The minimum Gasteiger partial charge on any atom is -0.273 e. The number of rotatable bonds is 4. The molecule has 130 valence electrons. The first-order chi connectivity index (χ1) is 10.9. The van der Waals surface area contributed by atoms with Gasteiger partial charge in [-0.2, -0.15) is 8.42 Å². The number of sulfone groups is 1. The molecular weight excluding hydrogens is 423 g/mol. The summed E-state index contributed by atoms with van der Waals surface area (Å²) in [5, 5.41) is -1.22. The molecule has 7 nitrogen and oxygen atoms in total. The van der Waals surface area contributed by atoms with E-state index in [0.717, 1.165) is 12.1 Å². The van der Waals surface area contributed by atoms with Crippen molar-refractivity contribution in [3.63, 3.8) is 0 Å². The molecule has 0 saturated heterocycles. The quantitative estimate of drug-likeness (QED) is 0.583. The minimum absolute atomic E-state index is 0.296. The molecule has 1 N–H and O–H groups in total. The average molecular weight is 431 g/mol. The van der Waals surface area contributed by atoms with Crippen LogP contribution in [0.4, 0.5) is 0 Å². The Bertz CT molecular complexity index is 1110. The van der Waals surface area contributed by atoms with Crippen LogP contribution in [-0.4, -0.2) is 29.8 Å². The Morgan fingerprint density at radius 2 is 1.33 bits per heavy atom. The van der Waals surface area contributed by atoms with Gasteiger partial charge in [0.05, 0.1) is 19.8 Å². The third-order valence-electron chi connectivity index (χ3n) is 2.88. The van der Waals surface area contributed by atoms with Crippen molar-refractivity contribution < 1.29 is 29.8 Å². The lowest BCUT2D eigenvalue weighted by atomic mass is 10.3. The lowest BCUT2D eigenvalue weighted by Gasteiger charge is -2.12. The summed E-state index contributed by atoms with van der Waals surface area (Å²) in [5.41, 5.74) is 0. The molecule has 0 aliphatic carbocycles. The predicted molar refractivity (Wildman–Crippen MR) is 87.1 cm³/mol. The highest BCUT2D eigenvalue weighted by Gasteiger charge is 2.39. The van der Waals surface area contributed by atoms with Gasteiger partial charge < -0.3 is 0 Å². The van der Waals surface area contributed by atoms with Crippen LogP contribution >= 0.6 is 23.2 Å². The third-order valence-corrected chi connectivity index (χ3v) is 9.38. The summed E-state index contributed by atoms with van der Waals surface area (Å²) in [6.45, 7) is 0. The van der Waals surface area contributed by atoms with Gasteiger partial charge in [-0.3, -0.25) is 4.55 Å². The number of hydrogen-bond acceptors (Lipinski definition) is 6. The highest BCUT2D eigenvalue weighted by atomic mass is 35.5. The number of benzene rings is 2. The molecule has 0 saturated carbocycles. The van der Waals surface area contributed by atoms with Gasteiger partial charge in [0.15, 0.2) is 0 Å². The first kappa shape index (κ1) is 19.2. The maximum absolute atomic E-state index is 12.6. The van der Waals surface area contributed by atoms with E-state index >= 15 is 0 Å². The summed E-state index contributed by atoms with van der Waals surface area (Å²) in [7, 11) is -15.7. The van der Waals surface area contributed by atoms with Crippen LogP contribution in [0.2, 0.25) is 10.0 Å². The Balaban J connectivity index is 2.97. The first-order valence-corrected chi connectivity index (χ1v) is 11.6. The molecule has 2 aromatic rings. The Morgan fingerprint density at radius 3 is 1.83 bits per heavy atom. The highest BCUT2D eigenvalue weighted by Crippen LogP contribution is 2.38. The van der Waals surface area contributed by atoms with Crippen LogP contribution in [-0.2, 0) is 27.9 Å².